The summed E-state index contributed by atoms with van der Waals surface area (Å²) in [6.07, 6.45) is 0.128. The molecule has 0 fully saturated rings. The number of carboxylic acid groups (broad SMARTS) is 1. The van der Waals surface area contributed by atoms with Gasteiger partial charge in [-0.15, -0.1) is 0 Å². The standard InChI is InChI=1S/C22H26N2O4/c1-15-8-10-17(11-9-15)14-19(22(27)28)24-21(26)13-12-20(25)23-16(2)18-6-4-3-5-7-18/h3-11,16,19H,12-14H2,1-2H3,(H,23,25)(H,24,26)(H,27,28)/t16-,19+/m1/s1. The van der Waals surface area contributed by atoms with E-state index < -0.39 is 17.9 Å². The van der Waals surface area contributed by atoms with Crippen LogP contribution in [0.25, 0.3) is 0 Å². The second-order valence-electron chi connectivity index (χ2n) is 6.85. The fraction of sp³-hybridized carbons (Fsp3) is 0.318. The molecule has 6 heteroatoms. The molecule has 6 nitrogen and oxygen atoms in total. The summed E-state index contributed by atoms with van der Waals surface area (Å²) in [5.41, 5.74) is 2.88. The van der Waals surface area contributed by atoms with E-state index in [0.717, 1.165) is 16.7 Å². The Balaban J connectivity index is 1.81. The number of rotatable bonds is 9. The third kappa shape index (κ3) is 6.87. The van der Waals surface area contributed by atoms with Gasteiger partial charge in [-0.1, -0.05) is 60.2 Å². The van der Waals surface area contributed by atoms with E-state index in [1.807, 2.05) is 68.4 Å². The van der Waals surface area contributed by atoms with Crippen LogP contribution in [0.2, 0.25) is 0 Å². The lowest BCUT2D eigenvalue weighted by atomic mass is 10.0. The van der Waals surface area contributed by atoms with Crippen LogP contribution in [0.3, 0.4) is 0 Å². The van der Waals surface area contributed by atoms with Crippen LogP contribution in [0.4, 0.5) is 0 Å². The number of hydrogen-bond acceptors (Lipinski definition) is 3. The summed E-state index contributed by atoms with van der Waals surface area (Å²) < 4.78 is 0. The molecule has 0 unspecified atom stereocenters. The quantitative estimate of drug-likeness (QED) is 0.621. The van der Waals surface area contributed by atoms with Gasteiger partial charge < -0.3 is 15.7 Å². The van der Waals surface area contributed by atoms with Crippen molar-refractivity contribution < 1.29 is 19.5 Å². The first-order valence-electron chi connectivity index (χ1n) is 9.27. The molecule has 2 rings (SSSR count). The second-order valence-corrected chi connectivity index (χ2v) is 6.85. The normalized spacial score (nSPS) is 12.6. The summed E-state index contributed by atoms with van der Waals surface area (Å²) in [6, 6.07) is 15.8. The van der Waals surface area contributed by atoms with Crippen molar-refractivity contribution >= 4 is 17.8 Å². The zero-order chi connectivity index (χ0) is 20.5. The molecule has 3 N–H and O–H groups in total. The van der Waals surface area contributed by atoms with Crippen LogP contribution in [0, 0.1) is 6.92 Å². The minimum atomic E-state index is -1.10. The third-order valence-corrected chi connectivity index (χ3v) is 4.45. The summed E-state index contributed by atoms with van der Waals surface area (Å²) >= 11 is 0. The summed E-state index contributed by atoms with van der Waals surface area (Å²) in [6.45, 7) is 3.82. The van der Waals surface area contributed by atoms with Gasteiger partial charge in [0, 0.05) is 19.3 Å². The summed E-state index contributed by atoms with van der Waals surface area (Å²) in [7, 11) is 0. The molecule has 148 valence electrons. The van der Waals surface area contributed by atoms with E-state index >= 15 is 0 Å². The maximum absolute atomic E-state index is 12.1. The van der Waals surface area contributed by atoms with E-state index in [0.29, 0.717) is 0 Å². The van der Waals surface area contributed by atoms with E-state index in [4.69, 9.17) is 0 Å². The van der Waals surface area contributed by atoms with E-state index in [2.05, 4.69) is 10.6 Å². The molecule has 2 atom stereocenters. The molecule has 0 aliphatic carbocycles. The van der Waals surface area contributed by atoms with Crippen LogP contribution in [-0.4, -0.2) is 28.9 Å². The van der Waals surface area contributed by atoms with Crippen LogP contribution in [-0.2, 0) is 20.8 Å². The van der Waals surface area contributed by atoms with Crippen molar-refractivity contribution in [3.05, 3.63) is 71.3 Å². The first kappa shape index (κ1) is 21.2. The van der Waals surface area contributed by atoms with Gasteiger partial charge in [0.25, 0.3) is 0 Å². The van der Waals surface area contributed by atoms with E-state index in [1.165, 1.54) is 0 Å². The molecule has 0 saturated heterocycles. The zero-order valence-corrected chi connectivity index (χ0v) is 16.1. The van der Waals surface area contributed by atoms with Crippen molar-refractivity contribution in [1.82, 2.24) is 10.6 Å². The molecule has 0 spiro atoms. The Labute approximate surface area is 165 Å². The van der Waals surface area contributed by atoms with Gasteiger partial charge in [0.15, 0.2) is 0 Å². The maximum Gasteiger partial charge on any atom is 0.326 e. The molecular weight excluding hydrogens is 356 g/mol. The van der Waals surface area contributed by atoms with E-state index in [-0.39, 0.29) is 31.2 Å². The lowest BCUT2D eigenvalue weighted by Crippen LogP contribution is -2.42. The van der Waals surface area contributed by atoms with Crippen molar-refractivity contribution in [2.45, 2.75) is 45.2 Å². The molecule has 0 heterocycles. The number of amides is 2. The molecule has 0 aliphatic rings. The van der Waals surface area contributed by atoms with Crippen molar-refractivity contribution in [3.8, 4) is 0 Å². The first-order chi connectivity index (χ1) is 13.3. The summed E-state index contributed by atoms with van der Waals surface area (Å²) in [5, 5.41) is 14.7. The van der Waals surface area contributed by atoms with Gasteiger partial charge in [-0.25, -0.2) is 4.79 Å². The van der Waals surface area contributed by atoms with Gasteiger partial charge in [0.1, 0.15) is 6.04 Å². The summed E-state index contributed by atoms with van der Waals surface area (Å²) in [5.74, 6) is -1.81. The molecule has 0 aliphatic heterocycles. The van der Waals surface area contributed by atoms with Crippen molar-refractivity contribution in [1.29, 1.82) is 0 Å². The number of carbonyl (C=O) groups excluding carboxylic acids is 2. The Morgan fingerprint density at radius 3 is 2.04 bits per heavy atom. The average molecular weight is 382 g/mol. The number of nitrogens with one attached hydrogen (secondary N) is 2. The highest BCUT2D eigenvalue weighted by Crippen LogP contribution is 2.11. The highest BCUT2D eigenvalue weighted by Gasteiger charge is 2.21. The molecule has 0 aromatic heterocycles. The first-order valence-corrected chi connectivity index (χ1v) is 9.27. The Morgan fingerprint density at radius 1 is 0.893 bits per heavy atom. The molecule has 2 aromatic rings. The van der Waals surface area contributed by atoms with Crippen LogP contribution in [0.5, 0.6) is 0 Å². The molecular formula is C22H26N2O4. The monoisotopic (exact) mass is 382 g/mol. The maximum atomic E-state index is 12.1. The molecule has 2 aromatic carbocycles. The van der Waals surface area contributed by atoms with Gasteiger partial charge in [-0.2, -0.15) is 0 Å². The van der Waals surface area contributed by atoms with E-state index in [1.54, 1.807) is 0 Å². The van der Waals surface area contributed by atoms with Gasteiger partial charge in [-0.3, -0.25) is 9.59 Å². The fourth-order valence-corrected chi connectivity index (χ4v) is 2.79. The van der Waals surface area contributed by atoms with Crippen molar-refractivity contribution in [2.75, 3.05) is 0 Å². The molecule has 2 amide bonds. The lowest BCUT2D eigenvalue weighted by molar-refractivity contribution is -0.141. The Bertz CT molecular complexity index is 803. The van der Waals surface area contributed by atoms with Crippen LogP contribution in [0.15, 0.2) is 54.6 Å². The predicted octanol–water partition coefficient (Wildman–Crippen LogP) is 2.76. The lowest BCUT2D eigenvalue weighted by Gasteiger charge is -2.16. The Kier molecular flexibility index (Phi) is 7.75. The predicted molar refractivity (Wildman–Crippen MR) is 107 cm³/mol. The van der Waals surface area contributed by atoms with Crippen molar-refractivity contribution in [2.24, 2.45) is 0 Å². The van der Waals surface area contributed by atoms with Gasteiger partial charge in [0.2, 0.25) is 11.8 Å². The smallest absolute Gasteiger partial charge is 0.326 e. The zero-order valence-electron chi connectivity index (χ0n) is 16.1. The van der Waals surface area contributed by atoms with Crippen LogP contribution in [0.1, 0.15) is 42.5 Å². The number of carbonyl (C=O) groups is 3. The Morgan fingerprint density at radius 2 is 1.46 bits per heavy atom. The summed E-state index contributed by atoms with van der Waals surface area (Å²) in [4.78, 5) is 35.6. The topological polar surface area (TPSA) is 95.5 Å². The Hall–Kier alpha value is -3.15. The van der Waals surface area contributed by atoms with Gasteiger partial charge in [-0.05, 0) is 25.0 Å². The molecule has 0 radical (unpaired) electrons. The van der Waals surface area contributed by atoms with Crippen molar-refractivity contribution in [3.63, 3.8) is 0 Å². The minimum Gasteiger partial charge on any atom is -0.480 e. The number of aliphatic carboxylic acids is 1. The van der Waals surface area contributed by atoms with Crippen LogP contribution < -0.4 is 10.6 Å². The second kappa shape index (κ2) is 10.3. The number of carboxylic acids is 1. The number of hydrogen-bond donors (Lipinski definition) is 3. The SMILES string of the molecule is Cc1ccc(C[C@H](NC(=O)CCC(=O)N[C@H](C)c2ccccc2)C(=O)O)cc1. The highest BCUT2D eigenvalue weighted by molar-refractivity contribution is 5.87. The number of benzene rings is 2. The third-order valence-electron chi connectivity index (χ3n) is 4.45. The largest absolute Gasteiger partial charge is 0.480 e. The van der Waals surface area contributed by atoms with Gasteiger partial charge >= 0.3 is 5.97 Å². The highest BCUT2D eigenvalue weighted by atomic mass is 16.4. The minimum absolute atomic E-state index is 0.000121. The fourth-order valence-electron chi connectivity index (χ4n) is 2.79. The molecule has 0 saturated carbocycles. The van der Waals surface area contributed by atoms with Gasteiger partial charge in [0.05, 0.1) is 6.04 Å². The van der Waals surface area contributed by atoms with Crippen LogP contribution >= 0.6 is 0 Å². The molecule has 0 bridgehead atoms. The number of aryl methyl sites for hydroxylation is 1. The average Bonchev–Trinajstić information content (AvgIpc) is 2.68. The molecule has 28 heavy (non-hydrogen) atoms. The van der Waals surface area contributed by atoms with E-state index in [9.17, 15) is 19.5 Å².